The number of methoxy groups -OCH3 is 1. The smallest absolute Gasteiger partial charge is 0.335 e. The first-order valence-electron chi connectivity index (χ1n) is 13.9. The average molecular weight is 621 g/mol. The van der Waals surface area contributed by atoms with Gasteiger partial charge in [-0.05, 0) is 66.1 Å². The number of benzene rings is 4. The number of carboxylic acids is 1. The van der Waals surface area contributed by atoms with E-state index in [2.05, 4.69) is 10.0 Å². The number of rotatable bonds is 15. The molecule has 0 amide bonds. The molecule has 0 radical (unpaired) electrons. The van der Waals surface area contributed by atoms with Gasteiger partial charge in [0.1, 0.15) is 30.5 Å². The lowest BCUT2D eigenvalue weighted by Gasteiger charge is -2.22. The Labute approximate surface area is 257 Å². The molecule has 0 heterocycles. The molecule has 0 fully saturated rings. The van der Waals surface area contributed by atoms with Crippen molar-refractivity contribution in [1.82, 2.24) is 5.32 Å². The fourth-order valence-electron chi connectivity index (χ4n) is 4.52. The van der Waals surface area contributed by atoms with E-state index in [0.717, 1.165) is 22.9 Å². The minimum absolute atomic E-state index is 0.147. The van der Waals surface area contributed by atoms with Crippen LogP contribution in [0.2, 0.25) is 0 Å². The SMILES string of the molecule is COc1cc(C(=O)O)ccc1-c1ccc(OCCN[C@@H](C)[C@H](O)c2ccc(OCc3ccccc3)c(NS(C)(=O)=O)c2)cc1. The summed E-state index contributed by atoms with van der Waals surface area (Å²) < 4.78 is 43.6. The van der Waals surface area contributed by atoms with Gasteiger partial charge in [-0.25, -0.2) is 13.2 Å². The van der Waals surface area contributed by atoms with Crippen molar-refractivity contribution in [3.05, 3.63) is 108 Å². The molecule has 232 valence electrons. The van der Waals surface area contributed by atoms with Crippen LogP contribution in [0.4, 0.5) is 5.69 Å². The Kier molecular flexibility index (Phi) is 10.8. The second kappa shape index (κ2) is 14.7. The topological polar surface area (TPSA) is 143 Å². The van der Waals surface area contributed by atoms with Gasteiger partial charge in [0.15, 0.2) is 0 Å². The number of aliphatic hydroxyl groups excluding tert-OH is 1. The van der Waals surface area contributed by atoms with Crippen molar-refractivity contribution < 1.29 is 37.6 Å². The van der Waals surface area contributed by atoms with Gasteiger partial charge in [0.2, 0.25) is 10.0 Å². The highest BCUT2D eigenvalue weighted by atomic mass is 32.2. The zero-order chi connectivity index (χ0) is 31.7. The normalized spacial score (nSPS) is 12.6. The predicted molar refractivity (Wildman–Crippen MR) is 169 cm³/mol. The molecule has 4 aromatic rings. The van der Waals surface area contributed by atoms with Gasteiger partial charge in [0, 0.05) is 18.2 Å². The summed E-state index contributed by atoms with van der Waals surface area (Å²) in [6.45, 7) is 2.86. The average Bonchev–Trinajstić information content (AvgIpc) is 3.01. The maximum atomic E-state index is 12.0. The quantitative estimate of drug-likeness (QED) is 0.133. The van der Waals surface area contributed by atoms with E-state index in [9.17, 15) is 23.4 Å². The largest absolute Gasteiger partial charge is 0.496 e. The van der Waals surface area contributed by atoms with Crippen LogP contribution in [0.25, 0.3) is 11.1 Å². The highest BCUT2D eigenvalue weighted by Crippen LogP contribution is 2.33. The summed E-state index contributed by atoms with van der Waals surface area (Å²) in [6.07, 6.45) is 0.129. The maximum Gasteiger partial charge on any atom is 0.335 e. The van der Waals surface area contributed by atoms with Gasteiger partial charge in [-0.3, -0.25) is 4.72 Å². The van der Waals surface area contributed by atoms with Crippen molar-refractivity contribution in [2.24, 2.45) is 0 Å². The van der Waals surface area contributed by atoms with E-state index >= 15 is 0 Å². The number of anilines is 1. The fraction of sp³-hybridized carbons (Fsp3) is 0.242. The summed E-state index contributed by atoms with van der Waals surface area (Å²) in [5.41, 5.74) is 3.46. The van der Waals surface area contributed by atoms with E-state index in [0.29, 0.717) is 36.0 Å². The number of carbonyl (C=O) groups is 1. The molecule has 4 rings (SSSR count). The van der Waals surface area contributed by atoms with Crippen molar-refractivity contribution in [1.29, 1.82) is 0 Å². The Hall–Kier alpha value is -4.58. The van der Waals surface area contributed by atoms with Gasteiger partial charge in [0.25, 0.3) is 0 Å². The minimum Gasteiger partial charge on any atom is -0.496 e. The summed E-state index contributed by atoms with van der Waals surface area (Å²) in [7, 11) is -2.09. The van der Waals surface area contributed by atoms with Crippen molar-refractivity contribution in [3.63, 3.8) is 0 Å². The van der Waals surface area contributed by atoms with Crippen LogP contribution in [0.3, 0.4) is 0 Å². The van der Waals surface area contributed by atoms with Gasteiger partial charge in [-0.2, -0.15) is 0 Å². The molecule has 0 aliphatic heterocycles. The first kappa shape index (κ1) is 32.3. The Bertz CT molecular complexity index is 1660. The third-order valence-corrected chi connectivity index (χ3v) is 7.39. The Morgan fingerprint density at radius 3 is 2.30 bits per heavy atom. The zero-order valence-electron chi connectivity index (χ0n) is 24.7. The lowest BCUT2D eigenvalue weighted by atomic mass is 10.0. The molecule has 0 bridgehead atoms. The fourth-order valence-corrected chi connectivity index (χ4v) is 5.08. The van der Waals surface area contributed by atoms with E-state index < -0.39 is 22.1 Å². The molecule has 0 aliphatic carbocycles. The van der Waals surface area contributed by atoms with Crippen molar-refractivity contribution in [2.45, 2.75) is 25.7 Å². The van der Waals surface area contributed by atoms with Crippen LogP contribution >= 0.6 is 0 Å². The van der Waals surface area contributed by atoms with Crippen molar-refractivity contribution >= 4 is 21.7 Å². The molecule has 44 heavy (non-hydrogen) atoms. The zero-order valence-corrected chi connectivity index (χ0v) is 25.5. The summed E-state index contributed by atoms with van der Waals surface area (Å²) in [6, 6.07) is 26.2. The van der Waals surface area contributed by atoms with Crippen LogP contribution in [0.5, 0.6) is 17.2 Å². The molecule has 0 spiro atoms. The lowest BCUT2D eigenvalue weighted by molar-refractivity contribution is 0.0696. The van der Waals surface area contributed by atoms with Crippen LogP contribution in [-0.2, 0) is 16.6 Å². The first-order valence-corrected chi connectivity index (χ1v) is 15.8. The van der Waals surface area contributed by atoms with E-state index in [1.54, 1.807) is 24.3 Å². The lowest BCUT2D eigenvalue weighted by Crippen LogP contribution is -2.35. The molecule has 4 aromatic carbocycles. The molecule has 0 saturated heterocycles. The number of ether oxygens (including phenoxy) is 3. The number of nitrogens with one attached hydrogen (secondary N) is 2. The summed E-state index contributed by atoms with van der Waals surface area (Å²) in [5, 5.41) is 23.4. The van der Waals surface area contributed by atoms with Crippen LogP contribution < -0.4 is 24.2 Å². The van der Waals surface area contributed by atoms with Gasteiger partial charge in [0.05, 0.1) is 30.7 Å². The van der Waals surface area contributed by atoms with E-state index in [4.69, 9.17) is 14.2 Å². The standard InChI is InChI=1S/C33H36N2O8S/c1-22(32(36)25-12-16-30(29(19-25)35-44(3,39)40)43-21-23-7-5-4-6-8-23)34-17-18-42-27-13-9-24(10-14-27)28-15-11-26(33(37)38)20-31(28)41-2/h4-16,19-20,22,32,34-36H,17-18,21H2,1-3H3,(H,37,38)/t22-,32-/m0/s1. The third-order valence-electron chi connectivity index (χ3n) is 6.80. The number of hydrogen-bond acceptors (Lipinski definition) is 8. The molecule has 11 heteroatoms. The second-order valence-corrected chi connectivity index (χ2v) is 11.9. The van der Waals surface area contributed by atoms with Gasteiger partial charge < -0.3 is 29.7 Å². The molecule has 4 N–H and O–H groups in total. The summed E-state index contributed by atoms with van der Waals surface area (Å²) in [5.74, 6) is 0.437. The minimum atomic E-state index is -3.59. The number of carboxylic acid groups (broad SMARTS) is 1. The maximum absolute atomic E-state index is 12.0. The Morgan fingerprint density at radius 1 is 0.909 bits per heavy atom. The van der Waals surface area contributed by atoms with Crippen LogP contribution in [-0.4, -0.2) is 57.2 Å². The van der Waals surface area contributed by atoms with E-state index in [-0.39, 0.29) is 23.9 Å². The van der Waals surface area contributed by atoms with Gasteiger partial charge >= 0.3 is 5.97 Å². The molecule has 2 atom stereocenters. The molecule has 0 saturated carbocycles. The van der Waals surface area contributed by atoms with Crippen molar-refractivity contribution in [2.75, 3.05) is 31.2 Å². The van der Waals surface area contributed by atoms with E-state index in [1.165, 1.54) is 19.2 Å². The molecule has 0 aromatic heterocycles. The molecule has 0 aliphatic rings. The number of sulfonamides is 1. The van der Waals surface area contributed by atoms with Crippen LogP contribution in [0.15, 0.2) is 91.0 Å². The Balaban J connectivity index is 1.32. The summed E-state index contributed by atoms with van der Waals surface area (Å²) in [4.78, 5) is 11.3. The molecular formula is C33H36N2O8S. The molecule has 0 unspecified atom stereocenters. The van der Waals surface area contributed by atoms with Gasteiger partial charge in [-0.1, -0.05) is 48.5 Å². The number of aromatic carboxylic acids is 1. The third kappa shape index (κ3) is 8.96. The molecule has 10 nitrogen and oxygen atoms in total. The number of aliphatic hydroxyl groups is 1. The highest BCUT2D eigenvalue weighted by Gasteiger charge is 2.19. The second-order valence-electron chi connectivity index (χ2n) is 10.2. The van der Waals surface area contributed by atoms with Gasteiger partial charge in [-0.15, -0.1) is 0 Å². The monoisotopic (exact) mass is 620 g/mol. The van der Waals surface area contributed by atoms with E-state index in [1.807, 2.05) is 61.5 Å². The molecular weight excluding hydrogens is 584 g/mol. The predicted octanol–water partition coefficient (Wildman–Crippen LogP) is 5.10. The number of hydrogen-bond donors (Lipinski definition) is 4. The summed E-state index contributed by atoms with van der Waals surface area (Å²) >= 11 is 0. The first-order chi connectivity index (χ1) is 21.0. The van der Waals surface area contributed by atoms with Crippen LogP contribution in [0, 0.1) is 0 Å². The highest BCUT2D eigenvalue weighted by molar-refractivity contribution is 7.92. The van der Waals surface area contributed by atoms with Crippen molar-refractivity contribution in [3.8, 4) is 28.4 Å². The Morgan fingerprint density at radius 2 is 1.64 bits per heavy atom. The van der Waals surface area contributed by atoms with Crippen LogP contribution in [0.1, 0.15) is 34.5 Å².